The minimum atomic E-state index is -2.57. The van der Waals surface area contributed by atoms with Crippen LogP contribution in [0.2, 0.25) is 0 Å². The fourth-order valence-corrected chi connectivity index (χ4v) is 0.392. The molecule has 0 aromatic heterocycles. The number of rotatable bonds is 3. The van der Waals surface area contributed by atoms with E-state index in [0.717, 1.165) is 6.92 Å². The van der Waals surface area contributed by atoms with Gasteiger partial charge in [-0.05, 0) is 19.3 Å². The predicted molar refractivity (Wildman–Crippen MR) is 34.0 cm³/mol. The van der Waals surface area contributed by atoms with E-state index in [9.17, 15) is 0 Å². The zero-order valence-corrected chi connectivity index (χ0v) is 5.09. The lowest BCUT2D eigenvalue weighted by Crippen LogP contribution is -2.25. The lowest BCUT2D eigenvalue weighted by molar-refractivity contribution is -0.284. The Morgan fingerprint density at radius 3 is 2.67 bits per heavy atom. The molecule has 3 nitrogen and oxygen atoms in total. The van der Waals surface area contributed by atoms with Crippen molar-refractivity contribution in [2.45, 2.75) is 26.0 Å². The van der Waals surface area contributed by atoms with Crippen LogP contribution in [0.4, 0.5) is 0 Å². The van der Waals surface area contributed by atoms with Crippen molar-refractivity contribution in [3.63, 3.8) is 0 Å². The first-order valence-corrected chi connectivity index (χ1v) is 2.32. The molecule has 0 radical (unpaired) electrons. The molecular formula is C6H12O3. The second kappa shape index (κ2) is 3.61. The molecule has 0 saturated heterocycles. The second-order valence-electron chi connectivity index (χ2n) is 1.65. The first-order valence-electron chi connectivity index (χ1n) is 4.32. The van der Waals surface area contributed by atoms with E-state index in [1.807, 2.05) is 0 Å². The van der Waals surface area contributed by atoms with Gasteiger partial charge in [-0.1, -0.05) is 6.58 Å². The summed E-state index contributed by atoms with van der Waals surface area (Å²) in [6.45, 7) is 1.56. The van der Waals surface area contributed by atoms with Crippen LogP contribution in [0.5, 0.6) is 0 Å². The van der Waals surface area contributed by atoms with E-state index in [4.69, 9.17) is 15.8 Å². The van der Waals surface area contributed by atoms with Gasteiger partial charge in [-0.15, -0.1) is 0 Å². The van der Waals surface area contributed by atoms with Crippen molar-refractivity contribution < 1.29 is 20.7 Å². The Bertz CT molecular complexity index is 193. The summed E-state index contributed by atoms with van der Waals surface area (Å²) < 4.78 is 27.8. The maximum Gasteiger partial charge on any atom is 0.139 e. The van der Waals surface area contributed by atoms with E-state index < -0.39 is 24.6 Å². The van der Waals surface area contributed by atoms with Gasteiger partial charge < -0.3 is 5.11 Å². The van der Waals surface area contributed by atoms with Gasteiger partial charge in [-0.3, -0.25) is 5.26 Å². The van der Waals surface area contributed by atoms with Gasteiger partial charge in [0, 0.05) is 4.11 Å². The molecule has 0 bridgehead atoms. The van der Waals surface area contributed by atoms with Crippen molar-refractivity contribution in [1.82, 2.24) is 0 Å². The lowest BCUT2D eigenvalue weighted by Gasteiger charge is -2.15. The Morgan fingerprint density at radius 2 is 2.56 bits per heavy atom. The van der Waals surface area contributed by atoms with Crippen molar-refractivity contribution in [2.24, 2.45) is 0 Å². The smallest absolute Gasteiger partial charge is 0.139 e. The van der Waals surface area contributed by atoms with Gasteiger partial charge in [0.2, 0.25) is 0 Å². The van der Waals surface area contributed by atoms with E-state index in [1.54, 1.807) is 0 Å². The summed E-state index contributed by atoms with van der Waals surface area (Å²) in [7, 11) is 0. The van der Waals surface area contributed by atoms with Crippen LogP contribution in [-0.4, -0.2) is 22.5 Å². The average Bonchev–Trinajstić information content (AvgIpc) is 1.83. The highest BCUT2D eigenvalue weighted by atomic mass is 17.1. The summed E-state index contributed by atoms with van der Waals surface area (Å²) in [6.07, 6.45) is -3.89. The van der Waals surface area contributed by atoms with Crippen LogP contribution in [-0.2, 0) is 4.89 Å². The number of hydrogen-bond acceptors (Lipinski definition) is 3. The maximum atomic E-state index is 9.08. The summed E-state index contributed by atoms with van der Waals surface area (Å²) in [4.78, 5) is 3.71. The highest BCUT2D eigenvalue weighted by Gasteiger charge is 2.15. The third-order valence-electron chi connectivity index (χ3n) is 0.801. The maximum absolute atomic E-state index is 9.08. The predicted octanol–water partition coefficient (Wildman–Crippen LogP) is 0.801. The molecule has 0 aliphatic carbocycles. The summed E-state index contributed by atoms with van der Waals surface area (Å²) in [5.41, 5.74) is -0.519. The second-order valence-corrected chi connectivity index (χ2v) is 1.65. The molecule has 0 aromatic carbocycles. The highest BCUT2D eigenvalue weighted by molar-refractivity contribution is 4.99. The van der Waals surface area contributed by atoms with Gasteiger partial charge >= 0.3 is 0 Å². The van der Waals surface area contributed by atoms with Crippen LogP contribution in [0.25, 0.3) is 0 Å². The molecule has 0 aliphatic rings. The fraction of sp³-hybridized carbons (Fsp3) is 0.667. The van der Waals surface area contributed by atoms with E-state index >= 15 is 0 Å². The molecule has 54 valence electrons. The number of hydrogen-bond donors (Lipinski definition) is 2. The molecule has 0 fully saturated rings. The van der Waals surface area contributed by atoms with Crippen LogP contribution in [0.3, 0.4) is 0 Å². The molecule has 9 heavy (non-hydrogen) atoms. The topological polar surface area (TPSA) is 49.7 Å². The Labute approximate surface area is 60.1 Å². The van der Waals surface area contributed by atoms with Crippen molar-refractivity contribution in [3.8, 4) is 0 Å². The normalized spacial score (nSPS) is 28.3. The fourth-order valence-electron chi connectivity index (χ4n) is 0.392. The average molecular weight is 136 g/mol. The molecule has 0 spiro atoms. The third kappa shape index (κ3) is 2.60. The molecule has 2 atom stereocenters. The molecule has 0 amide bonds. The summed E-state index contributed by atoms with van der Waals surface area (Å²) in [5.74, 6) is 0. The molecule has 0 unspecified atom stereocenters. The zero-order valence-electron chi connectivity index (χ0n) is 9.09. The first-order chi connectivity index (χ1) is 5.60. The van der Waals surface area contributed by atoms with Gasteiger partial charge in [-0.2, -0.15) is 0 Å². The van der Waals surface area contributed by atoms with Gasteiger partial charge in [0.1, 0.15) is 6.10 Å². The Morgan fingerprint density at radius 1 is 2.00 bits per heavy atom. The zero-order chi connectivity index (χ0) is 10.9. The molecule has 0 heterocycles. The Balaban J connectivity index is 4.72. The van der Waals surface area contributed by atoms with E-state index in [-0.39, 0.29) is 0 Å². The first kappa shape index (κ1) is 3.71. The largest absolute Gasteiger partial charge is 0.390 e. The summed E-state index contributed by atoms with van der Waals surface area (Å²) in [5, 5.41) is 17.4. The standard InChI is InChI=1S/C6H12O3/c1-4(2)6(9-8)5(3)7/h5-8H,1H2,2-3H3/t5-,6-/m0/s1/i2D3,5D. The minimum Gasteiger partial charge on any atom is -0.390 e. The van der Waals surface area contributed by atoms with Crippen LogP contribution in [0.1, 0.15) is 19.3 Å². The highest BCUT2D eigenvalue weighted by Crippen LogP contribution is 2.06. The van der Waals surface area contributed by atoms with Gasteiger partial charge in [0.25, 0.3) is 0 Å². The van der Waals surface area contributed by atoms with Crippen LogP contribution in [0.15, 0.2) is 12.2 Å². The van der Waals surface area contributed by atoms with Gasteiger partial charge in [0.15, 0.2) is 0 Å². The van der Waals surface area contributed by atoms with E-state index in [0.29, 0.717) is 0 Å². The van der Waals surface area contributed by atoms with Crippen molar-refractivity contribution >= 4 is 0 Å². The van der Waals surface area contributed by atoms with E-state index in [1.165, 1.54) is 0 Å². The van der Waals surface area contributed by atoms with Crippen LogP contribution < -0.4 is 0 Å². The third-order valence-corrected chi connectivity index (χ3v) is 0.801. The SMILES string of the molecule is [2H]C([2H])([2H])C(=C)[C@H](OO)[C@]([2H])(C)O. The quantitative estimate of drug-likeness (QED) is 0.343. The van der Waals surface area contributed by atoms with Crippen LogP contribution >= 0.6 is 0 Å². The van der Waals surface area contributed by atoms with E-state index in [2.05, 4.69) is 11.5 Å². The van der Waals surface area contributed by atoms with Crippen LogP contribution in [0, 0.1) is 0 Å². The molecule has 0 rings (SSSR count). The van der Waals surface area contributed by atoms with Crippen molar-refractivity contribution in [2.75, 3.05) is 0 Å². The summed E-state index contributed by atoms with van der Waals surface area (Å²) in [6, 6.07) is 0. The van der Waals surface area contributed by atoms with Crippen molar-refractivity contribution in [3.05, 3.63) is 12.2 Å². The minimum absolute atomic E-state index is 0.519. The Hall–Kier alpha value is -0.380. The molecule has 3 heteroatoms. The van der Waals surface area contributed by atoms with Gasteiger partial charge in [0.05, 0.1) is 7.45 Å². The lowest BCUT2D eigenvalue weighted by atomic mass is 10.1. The summed E-state index contributed by atoms with van der Waals surface area (Å²) >= 11 is 0. The molecule has 0 aliphatic heterocycles. The van der Waals surface area contributed by atoms with Gasteiger partial charge in [-0.25, -0.2) is 4.89 Å². The Kier molecular flexibility index (Phi) is 1.49. The molecule has 2 N–H and O–H groups in total. The molecule has 0 saturated carbocycles. The molecule has 0 aromatic rings. The molecular weight excluding hydrogens is 120 g/mol. The van der Waals surface area contributed by atoms with Crippen molar-refractivity contribution in [1.29, 1.82) is 0 Å². The monoisotopic (exact) mass is 136 g/mol. The number of aliphatic hydroxyl groups is 1.